The van der Waals surface area contributed by atoms with Crippen LogP contribution in [0.1, 0.15) is 22.3 Å². The lowest BCUT2D eigenvalue weighted by Gasteiger charge is -2.23. The molecule has 1 amide bonds. The number of halogens is 4. The fourth-order valence-electron chi connectivity index (χ4n) is 3.07. The molecule has 3 aromatic rings. The van der Waals surface area contributed by atoms with Gasteiger partial charge in [-0.05, 0) is 61.0 Å². The Balaban J connectivity index is 1.70. The van der Waals surface area contributed by atoms with E-state index in [-0.39, 0.29) is 25.4 Å². The first-order chi connectivity index (χ1) is 15.6. The van der Waals surface area contributed by atoms with Crippen LogP contribution in [0.3, 0.4) is 0 Å². The summed E-state index contributed by atoms with van der Waals surface area (Å²) in [6, 6.07) is 17.1. The topological polar surface area (TPSA) is 66.5 Å². The summed E-state index contributed by atoms with van der Waals surface area (Å²) in [4.78, 5) is 13.8. The Hall–Kier alpha value is -3.24. The molecule has 10 heteroatoms. The van der Waals surface area contributed by atoms with Crippen molar-refractivity contribution in [3.8, 4) is 0 Å². The van der Waals surface area contributed by atoms with Crippen molar-refractivity contribution >= 4 is 21.6 Å². The Bertz CT molecular complexity index is 1200. The molecule has 1 N–H and O–H groups in total. The molecule has 0 atom stereocenters. The van der Waals surface area contributed by atoms with Gasteiger partial charge in [0.2, 0.25) is 10.0 Å². The molecule has 0 saturated heterocycles. The lowest BCUT2D eigenvalue weighted by Crippen LogP contribution is -2.34. The summed E-state index contributed by atoms with van der Waals surface area (Å²) in [5, 5.41) is 0. The first kappa shape index (κ1) is 24.4. The van der Waals surface area contributed by atoms with E-state index in [2.05, 4.69) is 4.72 Å². The molecular weight excluding hydrogens is 460 g/mol. The number of nitrogens with one attached hydrogen (secondary N) is 1. The molecule has 0 aliphatic carbocycles. The van der Waals surface area contributed by atoms with Crippen LogP contribution in [0, 0.1) is 5.82 Å². The number of rotatable bonds is 8. The highest BCUT2D eigenvalue weighted by atomic mass is 32.2. The van der Waals surface area contributed by atoms with Gasteiger partial charge in [-0.1, -0.05) is 24.3 Å². The van der Waals surface area contributed by atoms with Gasteiger partial charge >= 0.3 is 6.18 Å². The summed E-state index contributed by atoms with van der Waals surface area (Å²) in [5.74, 6) is -0.831. The van der Waals surface area contributed by atoms with Gasteiger partial charge in [-0.3, -0.25) is 4.79 Å². The minimum Gasteiger partial charge on any atom is -0.308 e. The number of sulfonamides is 1. The van der Waals surface area contributed by atoms with E-state index in [0.717, 1.165) is 18.2 Å². The van der Waals surface area contributed by atoms with Crippen molar-refractivity contribution in [3.63, 3.8) is 0 Å². The molecule has 0 heterocycles. The Morgan fingerprint density at radius 1 is 0.909 bits per heavy atom. The molecule has 0 fully saturated rings. The van der Waals surface area contributed by atoms with Gasteiger partial charge in [-0.25, -0.2) is 17.5 Å². The van der Waals surface area contributed by atoms with Crippen molar-refractivity contribution < 1.29 is 30.8 Å². The van der Waals surface area contributed by atoms with Crippen molar-refractivity contribution in [1.82, 2.24) is 4.72 Å². The maximum absolute atomic E-state index is 13.3. The molecule has 3 aromatic carbocycles. The van der Waals surface area contributed by atoms with Gasteiger partial charge in [0.15, 0.2) is 0 Å². The van der Waals surface area contributed by atoms with E-state index in [1.165, 1.54) is 29.2 Å². The van der Waals surface area contributed by atoms with Crippen LogP contribution >= 0.6 is 0 Å². The second kappa shape index (κ2) is 10.1. The van der Waals surface area contributed by atoms with Crippen molar-refractivity contribution in [2.45, 2.75) is 17.5 Å². The standard InChI is InChI=1S/C23H20F4N2O3S/c24-19-10-12-20(13-11-19)29(22(30)17-6-2-1-3-7-17)15-5-14-28-33(31,32)21-9-4-8-18(16-21)23(25,26)27/h1-4,6-13,16,28H,5,14-15H2. The van der Waals surface area contributed by atoms with E-state index in [1.807, 2.05) is 0 Å². The van der Waals surface area contributed by atoms with Crippen molar-refractivity contribution in [2.24, 2.45) is 0 Å². The van der Waals surface area contributed by atoms with Crippen LogP contribution in [0.15, 0.2) is 83.8 Å². The molecule has 0 bridgehead atoms. The van der Waals surface area contributed by atoms with Gasteiger partial charge in [0.05, 0.1) is 10.5 Å². The largest absolute Gasteiger partial charge is 0.416 e. The molecule has 5 nitrogen and oxygen atoms in total. The summed E-state index contributed by atoms with van der Waals surface area (Å²) in [6.07, 6.45) is -4.51. The van der Waals surface area contributed by atoms with Gasteiger partial charge in [-0.15, -0.1) is 0 Å². The van der Waals surface area contributed by atoms with Gasteiger partial charge in [-0.2, -0.15) is 13.2 Å². The summed E-state index contributed by atoms with van der Waals surface area (Å²) < 4.78 is 79.0. The number of carbonyl (C=O) groups is 1. The summed E-state index contributed by atoms with van der Waals surface area (Å²) >= 11 is 0. The molecule has 0 aliphatic heterocycles. The molecule has 0 saturated carbocycles. The number of hydrogen-bond donors (Lipinski definition) is 1. The quantitative estimate of drug-likeness (QED) is 0.370. The van der Waals surface area contributed by atoms with Gasteiger partial charge < -0.3 is 4.90 Å². The van der Waals surface area contributed by atoms with E-state index in [9.17, 15) is 30.8 Å². The fraction of sp³-hybridized carbons (Fsp3) is 0.174. The third-order valence-electron chi connectivity index (χ3n) is 4.73. The average Bonchev–Trinajstić information content (AvgIpc) is 2.80. The molecule has 0 spiro atoms. The maximum Gasteiger partial charge on any atom is 0.416 e. The first-order valence-electron chi connectivity index (χ1n) is 9.87. The molecule has 0 unspecified atom stereocenters. The number of hydrogen-bond acceptors (Lipinski definition) is 3. The Morgan fingerprint density at radius 2 is 1.58 bits per heavy atom. The van der Waals surface area contributed by atoms with E-state index in [1.54, 1.807) is 30.3 Å². The minimum atomic E-state index is -4.67. The molecular formula is C23H20F4N2O3S. The molecule has 33 heavy (non-hydrogen) atoms. The van der Waals surface area contributed by atoms with Crippen LogP contribution < -0.4 is 9.62 Å². The Labute approximate surface area is 188 Å². The Morgan fingerprint density at radius 3 is 2.21 bits per heavy atom. The summed E-state index contributed by atoms with van der Waals surface area (Å²) in [6.45, 7) is -0.0389. The van der Waals surface area contributed by atoms with E-state index in [4.69, 9.17) is 0 Å². The average molecular weight is 480 g/mol. The number of amides is 1. The molecule has 0 aromatic heterocycles. The third-order valence-corrected chi connectivity index (χ3v) is 6.19. The number of carbonyl (C=O) groups excluding carboxylic acids is 1. The van der Waals surface area contributed by atoms with E-state index >= 15 is 0 Å². The number of benzene rings is 3. The number of anilines is 1. The maximum atomic E-state index is 13.3. The van der Waals surface area contributed by atoms with Crippen LogP contribution in [-0.2, 0) is 16.2 Å². The zero-order chi connectivity index (χ0) is 24.1. The van der Waals surface area contributed by atoms with Crippen LogP contribution in [0.2, 0.25) is 0 Å². The van der Waals surface area contributed by atoms with Gasteiger partial charge in [0.1, 0.15) is 5.82 Å². The van der Waals surface area contributed by atoms with E-state index < -0.39 is 32.5 Å². The van der Waals surface area contributed by atoms with Crippen LogP contribution in [0.25, 0.3) is 0 Å². The van der Waals surface area contributed by atoms with Crippen LogP contribution in [0.5, 0.6) is 0 Å². The highest BCUT2D eigenvalue weighted by Gasteiger charge is 2.31. The lowest BCUT2D eigenvalue weighted by atomic mass is 10.1. The minimum absolute atomic E-state index is 0.0878. The summed E-state index contributed by atoms with van der Waals surface area (Å²) in [5.41, 5.74) is -0.251. The van der Waals surface area contributed by atoms with Crippen molar-refractivity contribution in [3.05, 3.63) is 95.8 Å². The van der Waals surface area contributed by atoms with Crippen molar-refractivity contribution in [2.75, 3.05) is 18.0 Å². The lowest BCUT2D eigenvalue weighted by molar-refractivity contribution is -0.137. The SMILES string of the molecule is O=C(c1ccccc1)N(CCCNS(=O)(=O)c1cccc(C(F)(F)F)c1)c1ccc(F)cc1. The highest BCUT2D eigenvalue weighted by molar-refractivity contribution is 7.89. The molecule has 0 radical (unpaired) electrons. The van der Waals surface area contributed by atoms with Crippen LogP contribution in [0.4, 0.5) is 23.2 Å². The Kier molecular flexibility index (Phi) is 7.50. The predicted octanol–water partition coefficient (Wildman–Crippen LogP) is 4.86. The number of nitrogens with zero attached hydrogens (tertiary/aromatic N) is 1. The third kappa shape index (κ3) is 6.39. The first-order valence-corrected chi connectivity index (χ1v) is 11.4. The molecule has 3 rings (SSSR count). The fourth-order valence-corrected chi connectivity index (χ4v) is 4.19. The smallest absolute Gasteiger partial charge is 0.308 e. The molecule has 0 aliphatic rings. The van der Waals surface area contributed by atoms with Crippen molar-refractivity contribution in [1.29, 1.82) is 0 Å². The normalized spacial score (nSPS) is 11.9. The van der Waals surface area contributed by atoms with E-state index in [0.29, 0.717) is 17.3 Å². The van der Waals surface area contributed by atoms with Gasteiger partial charge in [0, 0.05) is 24.3 Å². The monoisotopic (exact) mass is 480 g/mol. The predicted molar refractivity (Wildman–Crippen MR) is 116 cm³/mol. The summed E-state index contributed by atoms with van der Waals surface area (Å²) in [7, 11) is -4.19. The zero-order valence-electron chi connectivity index (χ0n) is 17.2. The molecule has 174 valence electrons. The second-order valence-electron chi connectivity index (χ2n) is 7.08. The second-order valence-corrected chi connectivity index (χ2v) is 8.84. The highest BCUT2D eigenvalue weighted by Crippen LogP contribution is 2.30. The zero-order valence-corrected chi connectivity index (χ0v) is 18.0. The number of alkyl halides is 3. The van der Waals surface area contributed by atoms with Gasteiger partial charge in [0.25, 0.3) is 5.91 Å². The van der Waals surface area contributed by atoms with Crippen LogP contribution in [-0.4, -0.2) is 27.4 Å².